The number of carboxylic acids is 1. The molecule has 0 saturated carbocycles. The van der Waals surface area contributed by atoms with E-state index in [0.717, 1.165) is 0 Å². The highest BCUT2D eigenvalue weighted by atomic mass is 16.7. The van der Waals surface area contributed by atoms with E-state index in [4.69, 9.17) is 14.6 Å². The summed E-state index contributed by atoms with van der Waals surface area (Å²) in [5.74, 6) is -2.34. The summed E-state index contributed by atoms with van der Waals surface area (Å²) in [5, 5.41) is 40.0. The first-order chi connectivity index (χ1) is 10.7. The molecule has 0 aromatic carbocycles. The van der Waals surface area contributed by atoms with Gasteiger partial charge in [0.2, 0.25) is 11.8 Å². The van der Waals surface area contributed by atoms with Crippen LogP contribution < -0.4 is 5.32 Å². The van der Waals surface area contributed by atoms with Crippen LogP contribution in [0.15, 0.2) is 0 Å². The van der Waals surface area contributed by atoms with E-state index in [0.29, 0.717) is 0 Å². The van der Waals surface area contributed by atoms with Crippen molar-refractivity contribution in [2.24, 2.45) is 5.41 Å². The van der Waals surface area contributed by atoms with E-state index in [2.05, 4.69) is 5.32 Å². The third-order valence-electron chi connectivity index (χ3n) is 4.10. The highest BCUT2D eigenvalue weighted by Gasteiger charge is 2.48. The summed E-state index contributed by atoms with van der Waals surface area (Å²) in [4.78, 5) is 33.8. The Morgan fingerprint density at radius 2 is 1.96 bits per heavy atom. The molecule has 2 saturated heterocycles. The maximum Gasteiger partial charge on any atom is 0.335 e. The van der Waals surface area contributed by atoms with Crippen molar-refractivity contribution >= 4 is 17.8 Å². The molecule has 2 aliphatic rings. The summed E-state index contributed by atoms with van der Waals surface area (Å²) >= 11 is 0. The van der Waals surface area contributed by atoms with Crippen LogP contribution in [0.4, 0.5) is 0 Å². The quantitative estimate of drug-likeness (QED) is 0.338. The lowest BCUT2D eigenvalue weighted by molar-refractivity contribution is -0.294. The maximum absolute atomic E-state index is 11.7. The molecule has 0 aliphatic carbocycles. The van der Waals surface area contributed by atoms with Crippen molar-refractivity contribution in [1.29, 1.82) is 0 Å². The fourth-order valence-electron chi connectivity index (χ4n) is 2.55. The summed E-state index contributed by atoms with van der Waals surface area (Å²) < 4.78 is 10.1. The van der Waals surface area contributed by atoms with Crippen molar-refractivity contribution in [1.82, 2.24) is 5.32 Å². The number of carbonyl (C=O) groups is 3. The highest BCUT2D eigenvalue weighted by Crippen LogP contribution is 2.31. The van der Waals surface area contributed by atoms with Crippen LogP contribution in [0.25, 0.3) is 0 Å². The van der Waals surface area contributed by atoms with Gasteiger partial charge in [0.05, 0.1) is 12.0 Å². The van der Waals surface area contributed by atoms with Crippen LogP contribution in [-0.2, 0) is 23.9 Å². The Kier molecular flexibility index (Phi) is 5.01. The van der Waals surface area contributed by atoms with Crippen LogP contribution in [0.2, 0.25) is 0 Å². The first-order valence-corrected chi connectivity index (χ1v) is 7.04. The van der Waals surface area contributed by atoms with Crippen LogP contribution in [0.5, 0.6) is 0 Å². The van der Waals surface area contributed by atoms with Gasteiger partial charge in [-0.15, -0.1) is 0 Å². The van der Waals surface area contributed by atoms with Gasteiger partial charge in [-0.2, -0.15) is 0 Å². The number of aliphatic carboxylic acids is 1. The van der Waals surface area contributed by atoms with Gasteiger partial charge in [0, 0.05) is 6.42 Å². The molecule has 2 heterocycles. The molecule has 0 radical (unpaired) electrons. The Morgan fingerprint density at radius 3 is 2.48 bits per heavy atom. The maximum atomic E-state index is 11.7. The third kappa shape index (κ3) is 3.51. The monoisotopic (exact) mass is 333 g/mol. The molecule has 2 aliphatic heterocycles. The van der Waals surface area contributed by atoms with Crippen molar-refractivity contribution in [2.75, 3.05) is 6.61 Å². The first-order valence-electron chi connectivity index (χ1n) is 7.04. The minimum atomic E-state index is -1.79. The SMILES string of the molecule is CC1(CCOC2O[C@H](C(=O)O)[C@@H](O)[C@H](O)[C@H]2O)CC(=O)NC1=O. The molecule has 0 aromatic heterocycles. The molecule has 2 unspecified atom stereocenters. The molecular formula is C13H19NO9. The zero-order valence-electron chi connectivity index (χ0n) is 12.3. The molecule has 0 spiro atoms. The van der Waals surface area contributed by atoms with Crippen molar-refractivity contribution in [3.05, 3.63) is 0 Å². The molecule has 130 valence electrons. The number of rotatable bonds is 5. The zero-order chi connectivity index (χ0) is 17.4. The Labute approximate surface area is 131 Å². The molecule has 10 heteroatoms. The van der Waals surface area contributed by atoms with Gasteiger partial charge >= 0.3 is 5.97 Å². The van der Waals surface area contributed by atoms with E-state index in [1.165, 1.54) is 0 Å². The summed E-state index contributed by atoms with van der Waals surface area (Å²) in [6.45, 7) is 1.46. The molecule has 6 atom stereocenters. The van der Waals surface area contributed by atoms with E-state index in [-0.39, 0.29) is 19.4 Å². The van der Waals surface area contributed by atoms with Gasteiger partial charge in [-0.05, 0) is 6.42 Å². The number of ether oxygens (including phenoxy) is 2. The average molecular weight is 333 g/mol. The van der Waals surface area contributed by atoms with E-state index in [1.54, 1.807) is 6.92 Å². The van der Waals surface area contributed by atoms with Crippen molar-refractivity contribution in [3.63, 3.8) is 0 Å². The number of imide groups is 1. The number of carboxylic acid groups (broad SMARTS) is 1. The predicted octanol–water partition coefficient (Wildman–Crippen LogP) is -2.66. The lowest BCUT2D eigenvalue weighted by Gasteiger charge is -2.38. The van der Waals surface area contributed by atoms with Crippen LogP contribution in [-0.4, -0.2) is 75.5 Å². The predicted molar refractivity (Wildman–Crippen MR) is 70.8 cm³/mol. The Bertz CT molecular complexity index is 510. The normalized spacial score (nSPS) is 41.0. The minimum Gasteiger partial charge on any atom is -0.479 e. The molecule has 2 rings (SSSR count). The third-order valence-corrected chi connectivity index (χ3v) is 4.10. The number of carbonyl (C=O) groups excluding carboxylic acids is 2. The molecular weight excluding hydrogens is 314 g/mol. The lowest BCUT2D eigenvalue weighted by atomic mass is 9.85. The van der Waals surface area contributed by atoms with Gasteiger partial charge in [-0.1, -0.05) is 6.92 Å². The Hall–Kier alpha value is -1.59. The van der Waals surface area contributed by atoms with Crippen LogP contribution >= 0.6 is 0 Å². The van der Waals surface area contributed by atoms with Gasteiger partial charge < -0.3 is 29.9 Å². The van der Waals surface area contributed by atoms with Gasteiger partial charge in [-0.25, -0.2) is 4.79 Å². The number of hydrogen-bond donors (Lipinski definition) is 5. The van der Waals surface area contributed by atoms with Gasteiger partial charge in [0.1, 0.15) is 18.3 Å². The van der Waals surface area contributed by atoms with Crippen LogP contribution in [0.3, 0.4) is 0 Å². The fraction of sp³-hybridized carbons (Fsp3) is 0.769. The van der Waals surface area contributed by atoms with E-state index >= 15 is 0 Å². The first kappa shape index (κ1) is 17.8. The molecule has 0 bridgehead atoms. The fourth-order valence-corrected chi connectivity index (χ4v) is 2.55. The topological polar surface area (TPSA) is 163 Å². The molecule has 2 amide bonds. The molecule has 5 N–H and O–H groups in total. The van der Waals surface area contributed by atoms with Crippen molar-refractivity contribution < 1.29 is 44.3 Å². The second kappa shape index (κ2) is 6.49. The standard InChI is InChI=1S/C13H19NO9/c1-13(4-5(15)14-12(13)21)2-3-22-11-8(18)6(16)7(17)9(23-11)10(19)20/h6-9,11,16-18H,2-4H2,1H3,(H,19,20)(H,14,15,21)/t6-,7-,8+,9-,11?,13?/m0/s1. The molecule has 2 fully saturated rings. The van der Waals surface area contributed by atoms with Gasteiger partial charge in [0.25, 0.3) is 0 Å². The Morgan fingerprint density at radius 1 is 1.30 bits per heavy atom. The largest absolute Gasteiger partial charge is 0.479 e. The van der Waals surface area contributed by atoms with Crippen LogP contribution in [0.1, 0.15) is 19.8 Å². The van der Waals surface area contributed by atoms with E-state index in [9.17, 15) is 29.7 Å². The molecule has 10 nitrogen and oxygen atoms in total. The number of aliphatic hydroxyl groups is 3. The molecule has 0 aromatic rings. The van der Waals surface area contributed by atoms with E-state index < -0.39 is 53.9 Å². The van der Waals surface area contributed by atoms with Crippen LogP contribution in [0, 0.1) is 5.41 Å². The zero-order valence-corrected chi connectivity index (χ0v) is 12.3. The van der Waals surface area contributed by atoms with Crippen molar-refractivity contribution in [2.45, 2.75) is 50.5 Å². The highest BCUT2D eigenvalue weighted by molar-refractivity contribution is 6.05. The number of nitrogens with one attached hydrogen (secondary N) is 1. The van der Waals surface area contributed by atoms with Gasteiger partial charge in [-0.3, -0.25) is 14.9 Å². The average Bonchev–Trinajstić information content (AvgIpc) is 2.71. The Balaban J connectivity index is 1.93. The lowest BCUT2D eigenvalue weighted by Crippen LogP contribution is -2.60. The number of aliphatic hydroxyl groups excluding tert-OH is 3. The second-order valence-electron chi connectivity index (χ2n) is 5.97. The van der Waals surface area contributed by atoms with Crippen molar-refractivity contribution in [3.8, 4) is 0 Å². The molecule has 23 heavy (non-hydrogen) atoms. The smallest absolute Gasteiger partial charge is 0.335 e. The number of hydrogen-bond acceptors (Lipinski definition) is 8. The summed E-state index contributed by atoms with van der Waals surface area (Å²) in [5.41, 5.74) is -0.957. The summed E-state index contributed by atoms with van der Waals surface area (Å²) in [7, 11) is 0. The minimum absolute atomic E-state index is 0.00234. The van der Waals surface area contributed by atoms with Gasteiger partial charge in [0.15, 0.2) is 12.4 Å². The summed E-state index contributed by atoms with van der Waals surface area (Å²) in [6, 6.07) is 0. The number of amides is 2. The summed E-state index contributed by atoms with van der Waals surface area (Å²) in [6.07, 6.45) is -8.27. The van der Waals surface area contributed by atoms with E-state index in [1.807, 2.05) is 0 Å². The second-order valence-corrected chi connectivity index (χ2v) is 5.97.